The van der Waals surface area contributed by atoms with Crippen LogP contribution >= 0.6 is 22.9 Å². The number of aromatic nitrogens is 1. The molecule has 0 spiro atoms. The van der Waals surface area contributed by atoms with Crippen LogP contribution in [-0.4, -0.2) is 11.0 Å². The van der Waals surface area contributed by atoms with Crippen LogP contribution in [-0.2, 0) is 16.8 Å². The molecule has 106 valence electrons. The Labute approximate surface area is 127 Å². The van der Waals surface area contributed by atoms with Gasteiger partial charge in [-0.05, 0) is 23.6 Å². The summed E-state index contributed by atoms with van der Waals surface area (Å²) in [5.41, 5.74) is 1.03. The summed E-state index contributed by atoms with van der Waals surface area (Å²) in [6.07, 6.45) is 0. The molecule has 20 heavy (non-hydrogen) atoms. The van der Waals surface area contributed by atoms with E-state index in [0.29, 0.717) is 10.7 Å². The number of rotatable bonds is 3. The van der Waals surface area contributed by atoms with Crippen molar-refractivity contribution in [2.45, 2.75) is 32.8 Å². The van der Waals surface area contributed by atoms with Gasteiger partial charge in [0.25, 0.3) is 0 Å². The molecule has 2 heterocycles. The second-order valence-electron chi connectivity index (χ2n) is 5.47. The Morgan fingerprint density at radius 3 is 2.75 bits per heavy atom. The average molecular weight is 310 g/mol. The molecular formula is C15H16ClNO2S. The molecule has 0 aliphatic heterocycles. The summed E-state index contributed by atoms with van der Waals surface area (Å²) >= 11 is 7.54. The van der Waals surface area contributed by atoms with Gasteiger partial charge >= 0.3 is 5.97 Å². The Bertz CT molecular complexity index is 603. The standard InChI is InChI=1S/C15H16ClNO2S/c1-15(2,3)12-7-10(8-13(16)17-12)14(18)19-9-11-5-4-6-20-11/h4-8H,9H2,1-3H3. The van der Waals surface area contributed by atoms with Crippen LogP contribution in [0.25, 0.3) is 0 Å². The van der Waals surface area contributed by atoms with Crippen LogP contribution in [0.3, 0.4) is 0 Å². The van der Waals surface area contributed by atoms with E-state index in [2.05, 4.69) is 4.98 Å². The lowest BCUT2D eigenvalue weighted by Gasteiger charge is -2.18. The van der Waals surface area contributed by atoms with Crippen LogP contribution in [0.2, 0.25) is 5.15 Å². The van der Waals surface area contributed by atoms with Crippen molar-refractivity contribution in [2.24, 2.45) is 0 Å². The van der Waals surface area contributed by atoms with Gasteiger partial charge in [0.2, 0.25) is 0 Å². The predicted octanol–water partition coefficient (Wildman–Crippen LogP) is 4.45. The molecule has 3 nitrogen and oxygen atoms in total. The van der Waals surface area contributed by atoms with Crippen molar-refractivity contribution in [3.05, 3.63) is 50.9 Å². The van der Waals surface area contributed by atoms with E-state index in [-0.39, 0.29) is 18.0 Å². The molecule has 0 amide bonds. The van der Waals surface area contributed by atoms with Crippen molar-refractivity contribution in [3.63, 3.8) is 0 Å². The first-order valence-electron chi connectivity index (χ1n) is 6.24. The quantitative estimate of drug-likeness (QED) is 0.621. The van der Waals surface area contributed by atoms with Crippen molar-refractivity contribution in [3.8, 4) is 0 Å². The molecule has 0 saturated heterocycles. The number of hydrogen-bond donors (Lipinski definition) is 0. The summed E-state index contributed by atoms with van der Waals surface area (Å²) < 4.78 is 5.28. The molecule has 0 bridgehead atoms. The third-order valence-corrected chi connectivity index (χ3v) is 3.77. The van der Waals surface area contributed by atoms with Gasteiger partial charge in [-0.25, -0.2) is 9.78 Å². The zero-order valence-corrected chi connectivity index (χ0v) is 13.2. The number of halogens is 1. The number of carbonyl (C=O) groups is 1. The molecule has 0 aromatic carbocycles. The summed E-state index contributed by atoms with van der Waals surface area (Å²) in [7, 11) is 0. The van der Waals surface area contributed by atoms with Crippen molar-refractivity contribution >= 4 is 28.9 Å². The molecule has 0 radical (unpaired) electrons. The van der Waals surface area contributed by atoms with E-state index in [9.17, 15) is 4.79 Å². The fourth-order valence-electron chi connectivity index (χ4n) is 1.61. The molecule has 0 aliphatic carbocycles. The van der Waals surface area contributed by atoms with Gasteiger partial charge in [0.05, 0.1) is 5.56 Å². The number of carbonyl (C=O) groups excluding carboxylic acids is 1. The Morgan fingerprint density at radius 1 is 1.40 bits per heavy atom. The topological polar surface area (TPSA) is 39.2 Å². The fraction of sp³-hybridized carbons (Fsp3) is 0.333. The number of nitrogens with zero attached hydrogens (tertiary/aromatic N) is 1. The van der Waals surface area contributed by atoms with E-state index in [4.69, 9.17) is 16.3 Å². The maximum Gasteiger partial charge on any atom is 0.338 e. The van der Waals surface area contributed by atoms with E-state index in [0.717, 1.165) is 10.6 Å². The number of thiophene rings is 1. The van der Waals surface area contributed by atoms with Crippen LogP contribution in [0.15, 0.2) is 29.6 Å². The highest BCUT2D eigenvalue weighted by Crippen LogP contribution is 2.24. The van der Waals surface area contributed by atoms with E-state index in [1.165, 1.54) is 6.07 Å². The van der Waals surface area contributed by atoms with Crippen molar-refractivity contribution < 1.29 is 9.53 Å². The number of pyridine rings is 1. The summed E-state index contributed by atoms with van der Waals surface area (Å²) in [5.74, 6) is -0.381. The van der Waals surface area contributed by atoms with Gasteiger partial charge in [0, 0.05) is 16.0 Å². The summed E-state index contributed by atoms with van der Waals surface area (Å²) in [5, 5.41) is 2.25. The molecule has 0 atom stereocenters. The maximum absolute atomic E-state index is 12.1. The highest BCUT2D eigenvalue weighted by atomic mass is 35.5. The summed E-state index contributed by atoms with van der Waals surface area (Å²) in [4.78, 5) is 17.3. The molecular weight excluding hydrogens is 294 g/mol. The molecule has 5 heteroatoms. The van der Waals surface area contributed by atoms with Gasteiger partial charge in [-0.1, -0.05) is 38.4 Å². The Kier molecular flexibility index (Phi) is 4.45. The summed E-state index contributed by atoms with van der Waals surface area (Å²) in [6, 6.07) is 7.13. The second kappa shape index (κ2) is 5.94. The van der Waals surface area contributed by atoms with Crippen LogP contribution in [0.5, 0.6) is 0 Å². The van der Waals surface area contributed by atoms with Crippen molar-refractivity contribution in [1.82, 2.24) is 4.98 Å². The second-order valence-corrected chi connectivity index (χ2v) is 6.89. The molecule has 2 rings (SSSR count). The molecule has 2 aromatic heterocycles. The van der Waals surface area contributed by atoms with Crippen molar-refractivity contribution in [1.29, 1.82) is 0 Å². The predicted molar refractivity (Wildman–Crippen MR) is 81.4 cm³/mol. The Morgan fingerprint density at radius 2 is 2.15 bits per heavy atom. The Hall–Kier alpha value is -1.39. The van der Waals surface area contributed by atoms with Gasteiger partial charge in [0.15, 0.2) is 0 Å². The molecule has 0 N–H and O–H groups in total. The zero-order valence-electron chi connectivity index (χ0n) is 11.6. The average Bonchev–Trinajstić information content (AvgIpc) is 2.87. The monoisotopic (exact) mass is 309 g/mol. The smallest absolute Gasteiger partial charge is 0.338 e. The minimum absolute atomic E-state index is 0.173. The first kappa shape index (κ1) is 15.0. The first-order valence-corrected chi connectivity index (χ1v) is 7.49. The van der Waals surface area contributed by atoms with Crippen LogP contribution in [0.4, 0.5) is 0 Å². The van der Waals surface area contributed by atoms with Gasteiger partial charge in [0.1, 0.15) is 11.8 Å². The fourth-order valence-corrected chi connectivity index (χ4v) is 2.44. The summed E-state index contributed by atoms with van der Waals surface area (Å²) in [6.45, 7) is 6.34. The number of ether oxygens (including phenoxy) is 1. The minimum Gasteiger partial charge on any atom is -0.456 e. The SMILES string of the molecule is CC(C)(C)c1cc(C(=O)OCc2cccs2)cc(Cl)n1. The molecule has 0 unspecified atom stereocenters. The molecule has 0 saturated carbocycles. The third kappa shape index (κ3) is 3.81. The van der Waals surface area contributed by atoms with Crippen LogP contribution in [0.1, 0.15) is 41.7 Å². The van der Waals surface area contributed by atoms with Crippen LogP contribution in [0, 0.1) is 0 Å². The van der Waals surface area contributed by atoms with Gasteiger partial charge in [-0.15, -0.1) is 11.3 Å². The molecule has 0 fully saturated rings. The third-order valence-electron chi connectivity index (χ3n) is 2.72. The number of esters is 1. The molecule has 0 aliphatic rings. The first-order chi connectivity index (χ1) is 9.36. The normalized spacial score (nSPS) is 11.4. The minimum atomic E-state index is -0.381. The van der Waals surface area contributed by atoms with Gasteiger partial charge < -0.3 is 4.74 Å². The maximum atomic E-state index is 12.1. The van der Waals surface area contributed by atoms with E-state index in [1.54, 1.807) is 17.4 Å². The van der Waals surface area contributed by atoms with E-state index in [1.807, 2.05) is 38.3 Å². The Balaban J connectivity index is 2.15. The highest BCUT2D eigenvalue weighted by Gasteiger charge is 2.19. The van der Waals surface area contributed by atoms with E-state index >= 15 is 0 Å². The largest absolute Gasteiger partial charge is 0.456 e. The number of hydrogen-bond acceptors (Lipinski definition) is 4. The lowest BCUT2D eigenvalue weighted by molar-refractivity contribution is 0.0476. The lowest BCUT2D eigenvalue weighted by atomic mass is 9.91. The molecule has 2 aromatic rings. The van der Waals surface area contributed by atoms with Crippen molar-refractivity contribution in [2.75, 3.05) is 0 Å². The lowest BCUT2D eigenvalue weighted by Crippen LogP contribution is -2.15. The van der Waals surface area contributed by atoms with E-state index < -0.39 is 0 Å². The van der Waals surface area contributed by atoms with Crippen LogP contribution < -0.4 is 0 Å². The van der Waals surface area contributed by atoms with Gasteiger partial charge in [-0.3, -0.25) is 0 Å². The van der Waals surface area contributed by atoms with Gasteiger partial charge in [-0.2, -0.15) is 0 Å². The zero-order chi connectivity index (χ0) is 14.8. The highest BCUT2D eigenvalue weighted by molar-refractivity contribution is 7.09.